The second kappa shape index (κ2) is 8.68. The zero-order chi connectivity index (χ0) is 21.9. The summed E-state index contributed by atoms with van der Waals surface area (Å²) in [5, 5.41) is 6.37. The summed E-state index contributed by atoms with van der Waals surface area (Å²) < 4.78 is 45.0. The summed E-state index contributed by atoms with van der Waals surface area (Å²) in [5.74, 6) is -0.729. The molecule has 0 fully saturated rings. The van der Waals surface area contributed by atoms with E-state index in [-0.39, 0.29) is 18.1 Å². The molecule has 0 saturated carbocycles. The highest BCUT2D eigenvalue weighted by atomic mass is 19.4. The van der Waals surface area contributed by atoms with E-state index in [0.717, 1.165) is 15.8 Å². The fourth-order valence-corrected chi connectivity index (χ4v) is 3.26. The molecule has 0 bridgehead atoms. The number of fused-ring (bicyclic) bond motifs is 1. The Morgan fingerprint density at radius 1 is 1.17 bits per heavy atom. The van der Waals surface area contributed by atoms with Crippen molar-refractivity contribution in [2.45, 2.75) is 39.3 Å². The monoisotopic (exact) mass is 421 g/mol. The Balaban J connectivity index is 1.63. The van der Waals surface area contributed by atoms with Crippen LogP contribution >= 0.6 is 0 Å². The van der Waals surface area contributed by atoms with Gasteiger partial charge < -0.3 is 10.1 Å². The van der Waals surface area contributed by atoms with Gasteiger partial charge in [-0.3, -0.25) is 4.79 Å². The number of amides is 1. The van der Waals surface area contributed by atoms with E-state index in [1.54, 1.807) is 21.0 Å². The number of para-hydroxylation sites is 1. The Morgan fingerprint density at radius 2 is 1.90 bits per heavy atom. The van der Waals surface area contributed by atoms with Crippen molar-refractivity contribution in [3.8, 4) is 5.75 Å². The number of benzene rings is 1. The Morgan fingerprint density at radius 3 is 2.60 bits per heavy atom. The average Bonchev–Trinajstić information content (AvgIpc) is 3.13. The molecule has 3 aromatic rings. The van der Waals surface area contributed by atoms with E-state index in [9.17, 15) is 18.0 Å². The molecule has 30 heavy (non-hydrogen) atoms. The fraction of sp³-hybridized carbons (Fsp3) is 0.400. The van der Waals surface area contributed by atoms with E-state index in [4.69, 9.17) is 4.74 Å². The van der Waals surface area contributed by atoms with Gasteiger partial charge in [-0.1, -0.05) is 18.2 Å². The Bertz CT molecular complexity index is 1060. The summed E-state index contributed by atoms with van der Waals surface area (Å²) in [7, 11) is 1.60. The molecule has 0 unspecified atom stereocenters. The number of nitrogens with zero attached hydrogens (tertiary/aromatic N) is 4. The molecule has 2 heterocycles. The van der Waals surface area contributed by atoms with Gasteiger partial charge in [-0.2, -0.15) is 18.2 Å². The minimum Gasteiger partial charge on any atom is -0.496 e. The maximum Gasteiger partial charge on any atom is 0.453 e. The van der Waals surface area contributed by atoms with E-state index >= 15 is 0 Å². The molecular weight excluding hydrogens is 399 g/mol. The van der Waals surface area contributed by atoms with Crippen molar-refractivity contribution in [1.29, 1.82) is 0 Å². The molecule has 0 aliphatic heterocycles. The van der Waals surface area contributed by atoms with Crippen molar-refractivity contribution in [3.05, 3.63) is 52.6 Å². The lowest BCUT2D eigenvalue weighted by molar-refractivity contribution is -0.144. The zero-order valence-electron chi connectivity index (χ0n) is 16.9. The second-order valence-corrected chi connectivity index (χ2v) is 6.82. The molecule has 1 N–H and O–H groups in total. The molecule has 160 valence electrons. The molecule has 0 aliphatic rings. The van der Waals surface area contributed by atoms with Gasteiger partial charge in [-0.15, -0.1) is 5.10 Å². The fourth-order valence-electron chi connectivity index (χ4n) is 3.26. The number of aryl methyl sites for hydroxylation is 2. The summed E-state index contributed by atoms with van der Waals surface area (Å²) >= 11 is 0. The Labute approximate surface area is 171 Å². The van der Waals surface area contributed by atoms with Crippen molar-refractivity contribution < 1.29 is 22.7 Å². The minimum absolute atomic E-state index is 0.109. The Kier molecular flexibility index (Phi) is 6.23. The van der Waals surface area contributed by atoms with Crippen LogP contribution in [0.15, 0.2) is 24.3 Å². The van der Waals surface area contributed by atoms with Crippen molar-refractivity contribution >= 4 is 11.7 Å². The van der Waals surface area contributed by atoms with Crippen molar-refractivity contribution in [2.75, 3.05) is 13.7 Å². The molecule has 0 atom stereocenters. The first-order valence-corrected chi connectivity index (χ1v) is 9.39. The summed E-state index contributed by atoms with van der Waals surface area (Å²) in [4.78, 5) is 19.8. The summed E-state index contributed by atoms with van der Waals surface area (Å²) in [6.07, 6.45) is -3.50. The molecule has 1 aromatic carbocycles. The quantitative estimate of drug-likeness (QED) is 0.634. The lowest BCUT2D eigenvalue weighted by atomic mass is 10.1. The van der Waals surface area contributed by atoms with Gasteiger partial charge in [0, 0.05) is 24.4 Å². The van der Waals surface area contributed by atoms with Crippen LogP contribution in [0.4, 0.5) is 13.2 Å². The number of aromatic nitrogens is 4. The van der Waals surface area contributed by atoms with Crippen LogP contribution in [0.25, 0.3) is 5.78 Å². The second-order valence-electron chi connectivity index (χ2n) is 6.82. The van der Waals surface area contributed by atoms with Gasteiger partial charge in [0.1, 0.15) is 5.75 Å². The van der Waals surface area contributed by atoms with Crippen LogP contribution in [-0.2, 0) is 23.8 Å². The molecular formula is C20H22F3N5O2. The summed E-state index contributed by atoms with van der Waals surface area (Å²) in [6, 6.07) is 7.58. The highest BCUT2D eigenvalue weighted by Gasteiger charge is 2.36. The molecule has 3 rings (SSSR count). The predicted octanol–water partition coefficient (Wildman–Crippen LogP) is 3.06. The number of alkyl halides is 3. The molecule has 0 radical (unpaired) electrons. The number of rotatable bonds is 7. The average molecular weight is 421 g/mol. The molecule has 0 aliphatic carbocycles. The van der Waals surface area contributed by atoms with E-state index < -0.39 is 12.0 Å². The summed E-state index contributed by atoms with van der Waals surface area (Å²) in [5.41, 5.74) is 2.69. The lowest BCUT2D eigenvalue weighted by Gasteiger charge is -2.11. The molecule has 0 saturated heterocycles. The van der Waals surface area contributed by atoms with Crippen molar-refractivity contribution in [2.24, 2.45) is 0 Å². The van der Waals surface area contributed by atoms with Crippen LogP contribution in [-0.4, -0.2) is 39.1 Å². The number of carbonyl (C=O) groups excluding carboxylic acids is 1. The highest BCUT2D eigenvalue weighted by Crippen LogP contribution is 2.27. The normalized spacial score (nSPS) is 11.7. The minimum atomic E-state index is -4.64. The Hall–Kier alpha value is -3.17. The largest absolute Gasteiger partial charge is 0.496 e. The zero-order valence-corrected chi connectivity index (χ0v) is 16.9. The third kappa shape index (κ3) is 4.69. The maximum absolute atomic E-state index is 12.9. The molecule has 10 heteroatoms. The first kappa shape index (κ1) is 21.5. The van der Waals surface area contributed by atoms with E-state index in [1.165, 1.54) is 0 Å². The van der Waals surface area contributed by atoms with Gasteiger partial charge in [0.15, 0.2) is 0 Å². The van der Waals surface area contributed by atoms with Crippen LogP contribution < -0.4 is 10.1 Å². The standard InChI is InChI=1S/C20H22F3N5O2/c1-12-15(13(2)28-19(25-12)26-18(27-28)20(21,22)23)8-9-17(29)24-11-10-14-6-4-5-7-16(14)30-3/h4-7H,8-11H2,1-3H3,(H,24,29). The van der Waals surface area contributed by atoms with Gasteiger partial charge in [-0.25, -0.2) is 9.50 Å². The molecule has 0 spiro atoms. The lowest BCUT2D eigenvalue weighted by Crippen LogP contribution is -2.26. The van der Waals surface area contributed by atoms with Crippen LogP contribution in [0.1, 0.15) is 34.8 Å². The van der Waals surface area contributed by atoms with E-state index in [2.05, 4.69) is 20.4 Å². The third-order valence-electron chi connectivity index (χ3n) is 4.81. The number of nitrogens with one attached hydrogen (secondary N) is 1. The number of methoxy groups -OCH3 is 1. The summed E-state index contributed by atoms with van der Waals surface area (Å²) in [6.45, 7) is 3.78. The SMILES string of the molecule is COc1ccccc1CCNC(=O)CCc1c(C)nc2nc(C(F)(F)F)nn2c1C. The van der Waals surface area contributed by atoms with Crippen LogP contribution in [0.3, 0.4) is 0 Å². The number of hydrogen-bond donors (Lipinski definition) is 1. The molecule has 7 nitrogen and oxygen atoms in total. The van der Waals surface area contributed by atoms with Gasteiger partial charge in [0.2, 0.25) is 5.91 Å². The third-order valence-corrected chi connectivity index (χ3v) is 4.81. The van der Waals surface area contributed by atoms with Gasteiger partial charge >= 0.3 is 6.18 Å². The predicted molar refractivity (Wildman–Crippen MR) is 103 cm³/mol. The van der Waals surface area contributed by atoms with Gasteiger partial charge in [0.25, 0.3) is 11.6 Å². The van der Waals surface area contributed by atoms with Crippen LogP contribution in [0.2, 0.25) is 0 Å². The van der Waals surface area contributed by atoms with Crippen molar-refractivity contribution in [1.82, 2.24) is 24.9 Å². The van der Waals surface area contributed by atoms with Crippen LogP contribution in [0, 0.1) is 13.8 Å². The molecule has 2 aromatic heterocycles. The van der Waals surface area contributed by atoms with E-state index in [0.29, 0.717) is 36.3 Å². The number of hydrogen-bond acceptors (Lipinski definition) is 5. The smallest absolute Gasteiger partial charge is 0.453 e. The van der Waals surface area contributed by atoms with Crippen LogP contribution in [0.5, 0.6) is 5.75 Å². The van der Waals surface area contributed by atoms with E-state index in [1.807, 2.05) is 24.3 Å². The first-order valence-electron chi connectivity index (χ1n) is 9.39. The molecule has 1 amide bonds. The number of carbonyl (C=O) groups is 1. The van der Waals surface area contributed by atoms with Gasteiger partial charge in [-0.05, 0) is 43.9 Å². The number of halogens is 3. The number of ether oxygens (including phenoxy) is 1. The first-order chi connectivity index (χ1) is 14.2. The highest BCUT2D eigenvalue weighted by molar-refractivity contribution is 5.76. The maximum atomic E-state index is 12.9. The van der Waals surface area contributed by atoms with Crippen molar-refractivity contribution in [3.63, 3.8) is 0 Å². The van der Waals surface area contributed by atoms with Gasteiger partial charge in [0.05, 0.1) is 7.11 Å². The topological polar surface area (TPSA) is 81.4 Å².